The molecule has 3 rings (SSSR count). The summed E-state index contributed by atoms with van der Waals surface area (Å²) in [5, 5.41) is 2.91. The predicted molar refractivity (Wildman–Crippen MR) is 88.9 cm³/mol. The number of nitrogens with two attached hydrogens (primary N) is 1. The molecule has 1 aromatic carbocycles. The molecule has 7 heteroatoms. The van der Waals surface area contributed by atoms with Crippen molar-refractivity contribution in [1.82, 2.24) is 9.97 Å². The van der Waals surface area contributed by atoms with Crippen molar-refractivity contribution in [2.45, 2.75) is 25.3 Å². The maximum Gasteiger partial charge on any atom is 0.321 e. The Hall–Kier alpha value is -2.51. The fourth-order valence-electron chi connectivity index (χ4n) is 2.49. The van der Waals surface area contributed by atoms with Gasteiger partial charge >= 0.3 is 6.01 Å². The molecule has 0 radical (unpaired) electrons. The van der Waals surface area contributed by atoms with Crippen molar-refractivity contribution in [2.75, 3.05) is 18.5 Å². The smallest absolute Gasteiger partial charge is 0.321 e. The van der Waals surface area contributed by atoms with Gasteiger partial charge in [-0.1, -0.05) is 0 Å². The van der Waals surface area contributed by atoms with Crippen LogP contribution in [0.1, 0.15) is 18.4 Å². The summed E-state index contributed by atoms with van der Waals surface area (Å²) in [7, 11) is 0. The predicted octanol–water partition coefficient (Wildman–Crippen LogP) is 2.02. The highest BCUT2D eigenvalue weighted by atomic mass is 16.5. The van der Waals surface area contributed by atoms with Gasteiger partial charge in [-0.05, 0) is 49.6 Å². The molecule has 3 N–H and O–H groups in total. The zero-order valence-electron chi connectivity index (χ0n) is 13.5. The third kappa shape index (κ3) is 3.69. The quantitative estimate of drug-likeness (QED) is 0.891. The lowest BCUT2D eigenvalue weighted by molar-refractivity contribution is -0.124. The number of carbonyl (C=O) groups excluding carboxylic acids is 1. The summed E-state index contributed by atoms with van der Waals surface area (Å²) in [5.74, 6) is 0.416. The van der Waals surface area contributed by atoms with E-state index in [2.05, 4.69) is 15.3 Å². The number of nitrogens with zero attached hydrogens (tertiary/aromatic N) is 2. The van der Waals surface area contributed by atoms with Gasteiger partial charge in [-0.2, -0.15) is 0 Å². The maximum absolute atomic E-state index is 12.5. The topological polar surface area (TPSA) is 99.4 Å². The molecule has 0 spiro atoms. The van der Waals surface area contributed by atoms with Gasteiger partial charge in [0.2, 0.25) is 5.91 Å². The SMILES string of the molecule is Cc1cc(Oc2ncccn2)ccc1NC(=O)C1(N)CCOCC1. The third-order valence-corrected chi connectivity index (χ3v) is 4.03. The minimum atomic E-state index is -0.877. The molecule has 24 heavy (non-hydrogen) atoms. The molecule has 0 aliphatic carbocycles. The number of aromatic nitrogens is 2. The normalized spacial score (nSPS) is 16.4. The second-order valence-corrected chi connectivity index (χ2v) is 5.83. The van der Waals surface area contributed by atoms with Gasteiger partial charge in [0.15, 0.2) is 0 Å². The number of nitrogens with one attached hydrogen (secondary N) is 1. The molecule has 126 valence electrons. The minimum absolute atomic E-state index is 0.186. The van der Waals surface area contributed by atoms with Gasteiger partial charge < -0.3 is 20.5 Å². The van der Waals surface area contributed by atoms with Crippen molar-refractivity contribution in [3.05, 3.63) is 42.2 Å². The Labute approximate surface area is 140 Å². The Morgan fingerprint density at radius 2 is 2.00 bits per heavy atom. The van der Waals surface area contributed by atoms with E-state index in [0.29, 0.717) is 37.5 Å². The Morgan fingerprint density at radius 3 is 2.67 bits per heavy atom. The van der Waals surface area contributed by atoms with Gasteiger partial charge in [0.1, 0.15) is 11.3 Å². The van der Waals surface area contributed by atoms with Crippen molar-refractivity contribution in [2.24, 2.45) is 5.73 Å². The standard InChI is InChI=1S/C17H20N4O3/c1-12-11-13(24-16-19-7-2-8-20-16)3-4-14(12)21-15(22)17(18)5-9-23-10-6-17/h2-4,7-8,11H,5-6,9-10,18H2,1H3,(H,21,22). The summed E-state index contributed by atoms with van der Waals surface area (Å²) in [4.78, 5) is 20.5. The van der Waals surface area contributed by atoms with E-state index in [1.165, 1.54) is 0 Å². The van der Waals surface area contributed by atoms with Crippen LogP contribution in [0.15, 0.2) is 36.7 Å². The van der Waals surface area contributed by atoms with E-state index < -0.39 is 5.54 Å². The highest BCUT2D eigenvalue weighted by molar-refractivity contribution is 5.98. The lowest BCUT2D eigenvalue weighted by atomic mass is 9.90. The van der Waals surface area contributed by atoms with Crippen LogP contribution in [0.5, 0.6) is 11.8 Å². The molecule has 1 aromatic heterocycles. The number of ether oxygens (including phenoxy) is 2. The van der Waals surface area contributed by atoms with E-state index in [4.69, 9.17) is 15.2 Å². The fourth-order valence-corrected chi connectivity index (χ4v) is 2.49. The zero-order valence-corrected chi connectivity index (χ0v) is 13.5. The number of rotatable bonds is 4. The first-order chi connectivity index (χ1) is 11.6. The molecule has 0 bridgehead atoms. The molecule has 1 fully saturated rings. The van der Waals surface area contributed by atoms with E-state index in [1.807, 2.05) is 13.0 Å². The molecule has 0 atom stereocenters. The van der Waals surface area contributed by atoms with Crippen LogP contribution in [-0.4, -0.2) is 34.6 Å². The van der Waals surface area contributed by atoms with Gasteiger partial charge in [-0.3, -0.25) is 4.79 Å². The largest absolute Gasteiger partial charge is 0.424 e. The van der Waals surface area contributed by atoms with Crippen molar-refractivity contribution in [1.29, 1.82) is 0 Å². The lowest BCUT2D eigenvalue weighted by Crippen LogP contribution is -2.54. The molecule has 1 aliphatic rings. The molecule has 1 aliphatic heterocycles. The van der Waals surface area contributed by atoms with Crippen molar-refractivity contribution >= 4 is 11.6 Å². The third-order valence-electron chi connectivity index (χ3n) is 4.03. The summed E-state index contributed by atoms with van der Waals surface area (Å²) in [6.45, 7) is 2.90. The summed E-state index contributed by atoms with van der Waals surface area (Å²) in [6, 6.07) is 7.35. The summed E-state index contributed by atoms with van der Waals surface area (Å²) >= 11 is 0. The molecule has 2 aromatic rings. The van der Waals surface area contributed by atoms with Gasteiger partial charge in [0, 0.05) is 31.3 Å². The Morgan fingerprint density at radius 1 is 1.29 bits per heavy atom. The van der Waals surface area contributed by atoms with Crippen LogP contribution in [0.25, 0.3) is 0 Å². The number of aryl methyl sites for hydroxylation is 1. The van der Waals surface area contributed by atoms with Gasteiger partial charge in [0.25, 0.3) is 0 Å². The number of hydrogen-bond acceptors (Lipinski definition) is 6. The molecular formula is C17H20N4O3. The van der Waals surface area contributed by atoms with Crippen LogP contribution in [-0.2, 0) is 9.53 Å². The van der Waals surface area contributed by atoms with E-state index in [9.17, 15) is 4.79 Å². The molecule has 2 heterocycles. The van der Waals surface area contributed by atoms with Gasteiger partial charge in [0.05, 0.1) is 0 Å². The minimum Gasteiger partial charge on any atom is -0.424 e. The second kappa shape index (κ2) is 6.94. The first kappa shape index (κ1) is 16.4. The number of hydrogen-bond donors (Lipinski definition) is 2. The Bertz CT molecular complexity index is 715. The molecule has 0 unspecified atom stereocenters. The van der Waals surface area contributed by atoms with Gasteiger partial charge in [-0.15, -0.1) is 0 Å². The first-order valence-corrected chi connectivity index (χ1v) is 7.80. The van der Waals surface area contributed by atoms with E-state index in [1.54, 1.807) is 30.6 Å². The molecular weight excluding hydrogens is 308 g/mol. The van der Waals surface area contributed by atoms with Crippen LogP contribution < -0.4 is 15.8 Å². The summed E-state index contributed by atoms with van der Waals surface area (Å²) < 4.78 is 10.9. The molecule has 0 saturated carbocycles. The zero-order chi connectivity index (χ0) is 17.0. The van der Waals surface area contributed by atoms with E-state index in [-0.39, 0.29) is 11.9 Å². The second-order valence-electron chi connectivity index (χ2n) is 5.83. The average molecular weight is 328 g/mol. The summed E-state index contributed by atoms with van der Waals surface area (Å²) in [6.07, 6.45) is 4.26. The fraction of sp³-hybridized carbons (Fsp3) is 0.353. The highest BCUT2D eigenvalue weighted by Gasteiger charge is 2.36. The number of anilines is 1. The highest BCUT2D eigenvalue weighted by Crippen LogP contribution is 2.26. The average Bonchev–Trinajstić information content (AvgIpc) is 2.59. The van der Waals surface area contributed by atoms with Gasteiger partial charge in [-0.25, -0.2) is 9.97 Å². The number of benzene rings is 1. The Kier molecular flexibility index (Phi) is 4.73. The monoisotopic (exact) mass is 328 g/mol. The molecule has 1 amide bonds. The van der Waals surface area contributed by atoms with Crippen molar-refractivity contribution in [3.8, 4) is 11.8 Å². The molecule has 7 nitrogen and oxygen atoms in total. The Balaban J connectivity index is 1.69. The first-order valence-electron chi connectivity index (χ1n) is 7.80. The maximum atomic E-state index is 12.5. The summed E-state index contributed by atoms with van der Waals surface area (Å²) in [5.41, 5.74) is 6.90. The van der Waals surface area contributed by atoms with E-state index in [0.717, 1.165) is 5.56 Å². The number of amides is 1. The van der Waals surface area contributed by atoms with Crippen LogP contribution in [0.2, 0.25) is 0 Å². The number of carbonyl (C=O) groups is 1. The van der Waals surface area contributed by atoms with Crippen LogP contribution in [0, 0.1) is 6.92 Å². The van der Waals surface area contributed by atoms with Crippen LogP contribution in [0.3, 0.4) is 0 Å². The van der Waals surface area contributed by atoms with Crippen molar-refractivity contribution in [3.63, 3.8) is 0 Å². The van der Waals surface area contributed by atoms with Crippen molar-refractivity contribution < 1.29 is 14.3 Å². The van der Waals surface area contributed by atoms with E-state index >= 15 is 0 Å². The van der Waals surface area contributed by atoms with Crippen LogP contribution in [0.4, 0.5) is 5.69 Å². The lowest BCUT2D eigenvalue weighted by Gasteiger charge is -2.32. The molecule has 1 saturated heterocycles. The van der Waals surface area contributed by atoms with Crippen LogP contribution >= 0.6 is 0 Å².